The van der Waals surface area contributed by atoms with Crippen LogP contribution in [0.15, 0.2) is 46.3 Å². The number of anilines is 1. The van der Waals surface area contributed by atoms with Gasteiger partial charge in [-0.25, -0.2) is 13.4 Å². The first-order valence-corrected chi connectivity index (χ1v) is 10.1. The number of aliphatic hydroxyl groups is 1. The molecule has 1 aliphatic rings. The van der Waals surface area contributed by atoms with E-state index < -0.39 is 27.5 Å². The van der Waals surface area contributed by atoms with Gasteiger partial charge in [-0.15, -0.1) is 0 Å². The van der Waals surface area contributed by atoms with E-state index in [1.54, 1.807) is 0 Å². The van der Waals surface area contributed by atoms with Crippen molar-refractivity contribution in [2.45, 2.75) is 34.9 Å². The molecule has 7 nitrogen and oxygen atoms in total. The molecule has 1 aliphatic heterocycles. The summed E-state index contributed by atoms with van der Waals surface area (Å²) in [6, 6.07) is 3.75. The van der Waals surface area contributed by atoms with Gasteiger partial charge in [0.2, 0.25) is 9.84 Å². The third kappa shape index (κ3) is 4.06. The molecule has 0 bridgehead atoms. The minimum Gasteiger partial charge on any atom is -0.397 e. The largest absolute Gasteiger partial charge is 0.416 e. The highest BCUT2D eigenvalue weighted by molar-refractivity contribution is 7.91. The van der Waals surface area contributed by atoms with Crippen LogP contribution in [0.1, 0.15) is 28.9 Å². The fourth-order valence-corrected chi connectivity index (χ4v) is 4.42. The molecule has 3 N–H and O–H groups in total. The summed E-state index contributed by atoms with van der Waals surface area (Å²) in [5, 5.41) is 9.35. The van der Waals surface area contributed by atoms with E-state index in [-0.39, 0.29) is 33.8 Å². The third-order valence-corrected chi connectivity index (χ3v) is 6.48. The van der Waals surface area contributed by atoms with Crippen molar-refractivity contribution in [3.05, 3.63) is 47.8 Å². The minimum absolute atomic E-state index is 0.142. The fourth-order valence-electron chi connectivity index (χ4n) is 3.18. The Labute approximate surface area is 164 Å². The molecule has 156 valence electrons. The molecular weight excluding hydrogens is 411 g/mol. The quantitative estimate of drug-likeness (QED) is 0.770. The number of pyridine rings is 1. The Morgan fingerprint density at radius 1 is 1.24 bits per heavy atom. The van der Waals surface area contributed by atoms with Gasteiger partial charge >= 0.3 is 6.18 Å². The summed E-state index contributed by atoms with van der Waals surface area (Å²) in [6.07, 6.45) is -2.28. The Bertz CT molecular complexity index is 1020. The van der Waals surface area contributed by atoms with Crippen LogP contribution in [0.25, 0.3) is 0 Å². The zero-order chi connectivity index (χ0) is 21.4. The van der Waals surface area contributed by atoms with Crippen LogP contribution < -0.4 is 5.73 Å². The molecule has 0 saturated carbocycles. The number of carbonyl (C=O) groups is 1. The van der Waals surface area contributed by atoms with Gasteiger partial charge in [0.25, 0.3) is 5.91 Å². The van der Waals surface area contributed by atoms with Gasteiger partial charge in [-0.2, -0.15) is 13.2 Å². The Hall–Kier alpha value is -2.66. The van der Waals surface area contributed by atoms with Crippen LogP contribution in [0.4, 0.5) is 18.9 Å². The van der Waals surface area contributed by atoms with Gasteiger partial charge < -0.3 is 15.7 Å². The fraction of sp³-hybridized carbons (Fsp3) is 0.333. The second-order valence-corrected chi connectivity index (χ2v) is 8.56. The first-order valence-electron chi connectivity index (χ1n) is 8.65. The van der Waals surface area contributed by atoms with E-state index in [9.17, 15) is 31.5 Å². The highest BCUT2D eigenvalue weighted by atomic mass is 32.2. The van der Waals surface area contributed by atoms with Crippen molar-refractivity contribution < 1.29 is 31.5 Å². The Kier molecular flexibility index (Phi) is 5.54. The summed E-state index contributed by atoms with van der Waals surface area (Å²) in [6.45, 7) is 0.225. The van der Waals surface area contributed by atoms with Gasteiger partial charge in [-0.1, -0.05) is 0 Å². The van der Waals surface area contributed by atoms with Crippen LogP contribution in [-0.2, 0) is 16.0 Å². The van der Waals surface area contributed by atoms with E-state index in [4.69, 9.17) is 5.73 Å². The zero-order valence-electron chi connectivity index (χ0n) is 15.1. The van der Waals surface area contributed by atoms with E-state index in [2.05, 4.69) is 4.98 Å². The molecule has 1 aromatic carbocycles. The lowest BCUT2D eigenvalue weighted by Gasteiger charge is -2.23. The van der Waals surface area contributed by atoms with Crippen molar-refractivity contribution in [1.82, 2.24) is 9.88 Å². The van der Waals surface area contributed by atoms with Crippen LogP contribution in [-0.4, -0.2) is 48.5 Å². The number of nitrogens with zero attached hydrogens (tertiary/aromatic N) is 2. The van der Waals surface area contributed by atoms with Crippen LogP contribution in [0, 0.1) is 0 Å². The van der Waals surface area contributed by atoms with Crippen molar-refractivity contribution in [2.24, 2.45) is 0 Å². The lowest BCUT2D eigenvalue weighted by atomic mass is 10.2. The zero-order valence-corrected chi connectivity index (χ0v) is 15.9. The number of rotatable bonds is 4. The third-order valence-electron chi connectivity index (χ3n) is 4.75. The predicted molar refractivity (Wildman–Crippen MR) is 96.7 cm³/mol. The smallest absolute Gasteiger partial charge is 0.397 e. The van der Waals surface area contributed by atoms with Gasteiger partial charge in [0.1, 0.15) is 0 Å². The van der Waals surface area contributed by atoms with Gasteiger partial charge in [0, 0.05) is 12.7 Å². The Morgan fingerprint density at radius 3 is 2.45 bits per heavy atom. The Morgan fingerprint density at radius 2 is 1.90 bits per heavy atom. The maximum Gasteiger partial charge on any atom is 0.416 e. The minimum atomic E-state index is -4.59. The maximum atomic E-state index is 12.7. The van der Waals surface area contributed by atoms with E-state index >= 15 is 0 Å². The highest BCUT2D eigenvalue weighted by Gasteiger charge is 2.32. The number of nitrogens with two attached hydrogens (primary N) is 1. The van der Waals surface area contributed by atoms with Gasteiger partial charge in [0.15, 0.2) is 5.69 Å². The number of benzene rings is 1. The summed E-state index contributed by atoms with van der Waals surface area (Å²) in [4.78, 5) is 17.2. The number of alkyl halides is 3. The van der Waals surface area contributed by atoms with Crippen LogP contribution in [0.3, 0.4) is 0 Å². The van der Waals surface area contributed by atoms with Crippen molar-refractivity contribution in [1.29, 1.82) is 0 Å². The van der Waals surface area contributed by atoms with Crippen molar-refractivity contribution in [3.8, 4) is 0 Å². The molecule has 29 heavy (non-hydrogen) atoms. The molecule has 2 heterocycles. The van der Waals surface area contributed by atoms with Crippen molar-refractivity contribution >= 4 is 21.4 Å². The molecule has 0 spiro atoms. The number of amides is 1. The molecule has 0 unspecified atom stereocenters. The molecule has 1 atom stereocenters. The van der Waals surface area contributed by atoms with Crippen molar-refractivity contribution in [2.75, 3.05) is 18.9 Å². The van der Waals surface area contributed by atoms with E-state index in [0.717, 1.165) is 30.8 Å². The molecule has 1 fully saturated rings. The first kappa shape index (κ1) is 21.1. The van der Waals surface area contributed by atoms with Gasteiger partial charge in [-0.05, 0) is 43.2 Å². The molecular formula is C18H18F3N3O4S. The average molecular weight is 429 g/mol. The molecule has 0 radical (unpaired) electrons. The number of hydrogen-bond acceptors (Lipinski definition) is 6. The molecule has 2 aromatic rings. The van der Waals surface area contributed by atoms with Crippen LogP contribution in [0.5, 0.6) is 0 Å². The van der Waals surface area contributed by atoms with Crippen LogP contribution >= 0.6 is 0 Å². The predicted octanol–water partition coefficient (Wildman–Crippen LogP) is 2.11. The van der Waals surface area contributed by atoms with Crippen molar-refractivity contribution in [3.63, 3.8) is 0 Å². The number of sulfone groups is 1. The maximum absolute atomic E-state index is 12.7. The number of aromatic nitrogens is 1. The monoisotopic (exact) mass is 429 g/mol. The molecule has 3 rings (SSSR count). The number of likely N-dealkylation sites (tertiary alicyclic amines) is 1. The molecule has 1 amide bonds. The summed E-state index contributed by atoms with van der Waals surface area (Å²) in [7, 11) is -4.18. The van der Waals surface area contributed by atoms with E-state index in [1.165, 1.54) is 4.90 Å². The topological polar surface area (TPSA) is 114 Å². The molecule has 0 aliphatic carbocycles. The first-order chi connectivity index (χ1) is 13.6. The summed E-state index contributed by atoms with van der Waals surface area (Å²) in [5.74, 6) is -0.516. The number of aliphatic hydroxyl groups excluding tert-OH is 1. The second-order valence-electron chi connectivity index (χ2n) is 6.61. The Balaban J connectivity index is 1.90. The summed E-state index contributed by atoms with van der Waals surface area (Å²) in [5.41, 5.74) is 4.56. The number of hydrogen-bond donors (Lipinski definition) is 2. The second kappa shape index (κ2) is 7.64. The standard InChI is InChI=1S/C18H18F3N3O4S/c19-18(20,21)11-3-5-13(6-4-11)29(27,28)14-8-15(22)16(23-9-14)17(26)24-7-1-2-12(24)10-25/h3-6,8-9,12,25H,1-2,7,10,22H2/t12-/m0/s1. The SMILES string of the molecule is Nc1cc(S(=O)(=O)c2ccc(C(F)(F)F)cc2)cnc1C(=O)N1CCC[C@H]1CO. The number of halogens is 3. The van der Waals surface area contributed by atoms with Gasteiger partial charge in [-0.3, -0.25) is 4.79 Å². The lowest BCUT2D eigenvalue weighted by Crippen LogP contribution is -2.38. The lowest BCUT2D eigenvalue weighted by molar-refractivity contribution is -0.137. The van der Waals surface area contributed by atoms with E-state index in [1.807, 2.05) is 0 Å². The van der Waals surface area contributed by atoms with Gasteiger partial charge in [0.05, 0.1) is 33.7 Å². The highest BCUT2D eigenvalue weighted by Crippen LogP contribution is 2.31. The van der Waals surface area contributed by atoms with E-state index in [0.29, 0.717) is 25.1 Å². The number of carbonyl (C=O) groups excluding carboxylic acids is 1. The number of nitrogen functional groups attached to an aromatic ring is 1. The van der Waals surface area contributed by atoms with Crippen LogP contribution in [0.2, 0.25) is 0 Å². The molecule has 1 aromatic heterocycles. The average Bonchev–Trinajstić information content (AvgIpc) is 3.15. The molecule has 1 saturated heterocycles. The summed E-state index contributed by atoms with van der Waals surface area (Å²) >= 11 is 0. The summed E-state index contributed by atoms with van der Waals surface area (Å²) < 4.78 is 63.4. The normalized spacial score (nSPS) is 17.5. The molecule has 11 heteroatoms.